The number of nitrogens with one attached hydrogen (secondary N) is 1. The summed E-state index contributed by atoms with van der Waals surface area (Å²) in [6.45, 7) is 2.00. The van der Waals surface area contributed by atoms with Crippen molar-refractivity contribution in [3.05, 3.63) is 53.7 Å². The molecule has 0 spiro atoms. The quantitative estimate of drug-likeness (QED) is 0.728. The average molecular weight is 288 g/mol. The standard InChI is InChI=1S/C16H20N2O3/c1-20-10-9-17-11-13-6-4-8-18-16(13)21-15-7-3-2-5-14(15)12-19/h2-8,17,19H,9-12H2,1H3. The summed E-state index contributed by atoms with van der Waals surface area (Å²) in [6.07, 6.45) is 1.69. The Morgan fingerprint density at radius 3 is 2.76 bits per heavy atom. The first kappa shape index (κ1) is 15.4. The summed E-state index contributed by atoms with van der Waals surface area (Å²) in [4.78, 5) is 4.27. The summed E-state index contributed by atoms with van der Waals surface area (Å²) < 4.78 is 10.8. The Labute approximate surface area is 124 Å². The molecule has 21 heavy (non-hydrogen) atoms. The van der Waals surface area contributed by atoms with Crippen LogP contribution in [0.5, 0.6) is 11.6 Å². The monoisotopic (exact) mass is 288 g/mol. The lowest BCUT2D eigenvalue weighted by molar-refractivity contribution is 0.199. The first-order valence-electron chi connectivity index (χ1n) is 6.85. The van der Waals surface area contributed by atoms with Crippen LogP contribution in [0.4, 0.5) is 0 Å². The second-order valence-electron chi connectivity index (χ2n) is 4.51. The maximum Gasteiger partial charge on any atom is 0.223 e. The maximum absolute atomic E-state index is 9.34. The van der Waals surface area contributed by atoms with Gasteiger partial charge in [0.2, 0.25) is 5.88 Å². The Morgan fingerprint density at radius 2 is 1.95 bits per heavy atom. The lowest BCUT2D eigenvalue weighted by Gasteiger charge is -2.12. The van der Waals surface area contributed by atoms with Gasteiger partial charge in [-0.25, -0.2) is 4.98 Å². The average Bonchev–Trinajstić information content (AvgIpc) is 2.53. The number of hydrogen-bond acceptors (Lipinski definition) is 5. The Kier molecular flexibility index (Phi) is 6.15. The van der Waals surface area contributed by atoms with Crippen molar-refractivity contribution in [1.29, 1.82) is 0 Å². The van der Waals surface area contributed by atoms with Gasteiger partial charge in [-0.15, -0.1) is 0 Å². The first-order chi connectivity index (χ1) is 10.3. The Hall–Kier alpha value is -1.95. The van der Waals surface area contributed by atoms with Crippen LogP contribution in [0.25, 0.3) is 0 Å². The van der Waals surface area contributed by atoms with E-state index in [1.807, 2.05) is 36.4 Å². The Balaban J connectivity index is 2.09. The highest BCUT2D eigenvalue weighted by Crippen LogP contribution is 2.26. The Bertz CT molecular complexity index is 561. The maximum atomic E-state index is 9.34. The van der Waals surface area contributed by atoms with Crippen molar-refractivity contribution in [2.24, 2.45) is 0 Å². The van der Waals surface area contributed by atoms with Crippen molar-refractivity contribution in [3.63, 3.8) is 0 Å². The van der Waals surface area contributed by atoms with Gasteiger partial charge in [0.15, 0.2) is 0 Å². The molecule has 1 aromatic carbocycles. The molecule has 112 valence electrons. The fourth-order valence-electron chi connectivity index (χ4n) is 1.89. The largest absolute Gasteiger partial charge is 0.438 e. The van der Waals surface area contributed by atoms with E-state index in [0.717, 1.165) is 17.7 Å². The second-order valence-corrected chi connectivity index (χ2v) is 4.51. The number of benzene rings is 1. The minimum absolute atomic E-state index is 0.0651. The summed E-state index contributed by atoms with van der Waals surface area (Å²) in [5.74, 6) is 1.17. The van der Waals surface area contributed by atoms with E-state index in [4.69, 9.17) is 9.47 Å². The molecule has 0 bridgehead atoms. The number of ether oxygens (including phenoxy) is 2. The van der Waals surface area contributed by atoms with Crippen LogP contribution in [0.15, 0.2) is 42.6 Å². The van der Waals surface area contributed by atoms with E-state index in [-0.39, 0.29) is 6.61 Å². The van der Waals surface area contributed by atoms with Crippen LogP contribution in [0.1, 0.15) is 11.1 Å². The number of aliphatic hydroxyl groups is 1. The fourth-order valence-corrected chi connectivity index (χ4v) is 1.89. The third-order valence-electron chi connectivity index (χ3n) is 3.00. The van der Waals surface area contributed by atoms with Crippen molar-refractivity contribution in [2.75, 3.05) is 20.3 Å². The van der Waals surface area contributed by atoms with Gasteiger partial charge in [0.05, 0.1) is 13.2 Å². The van der Waals surface area contributed by atoms with Gasteiger partial charge in [-0.2, -0.15) is 0 Å². The third kappa shape index (κ3) is 4.53. The van der Waals surface area contributed by atoms with Gasteiger partial charge in [-0.3, -0.25) is 0 Å². The van der Waals surface area contributed by atoms with Crippen molar-refractivity contribution in [2.45, 2.75) is 13.2 Å². The number of methoxy groups -OCH3 is 1. The predicted octanol–water partition coefficient (Wildman–Crippen LogP) is 2.10. The molecule has 0 aliphatic rings. The zero-order valence-corrected chi connectivity index (χ0v) is 12.1. The van der Waals surface area contributed by atoms with Gasteiger partial charge in [-0.1, -0.05) is 24.3 Å². The number of pyridine rings is 1. The smallest absolute Gasteiger partial charge is 0.223 e. The SMILES string of the molecule is COCCNCc1cccnc1Oc1ccccc1CO. The zero-order valence-electron chi connectivity index (χ0n) is 12.1. The number of aromatic nitrogens is 1. The molecule has 2 rings (SSSR count). The van der Waals surface area contributed by atoms with E-state index in [2.05, 4.69) is 10.3 Å². The summed E-state index contributed by atoms with van der Waals surface area (Å²) in [7, 11) is 1.67. The molecule has 1 aromatic heterocycles. The lowest BCUT2D eigenvalue weighted by Crippen LogP contribution is -2.19. The van der Waals surface area contributed by atoms with Crippen LogP contribution >= 0.6 is 0 Å². The first-order valence-corrected chi connectivity index (χ1v) is 6.85. The van der Waals surface area contributed by atoms with Crippen molar-refractivity contribution >= 4 is 0 Å². The molecule has 5 heteroatoms. The topological polar surface area (TPSA) is 63.6 Å². The summed E-state index contributed by atoms with van der Waals surface area (Å²) in [5.41, 5.74) is 1.70. The predicted molar refractivity (Wildman–Crippen MR) is 80.3 cm³/mol. The Morgan fingerprint density at radius 1 is 1.14 bits per heavy atom. The molecular formula is C16H20N2O3. The molecule has 0 atom stereocenters. The lowest BCUT2D eigenvalue weighted by atomic mass is 10.2. The number of para-hydroxylation sites is 1. The van der Waals surface area contributed by atoms with Gasteiger partial charge in [0.25, 0.3) is 0 Å². The molecule has 0 saturated heterocycles. The number of aliphatic hydroxyl groups excluding tert-OH is 1. The number of hydrogen-bond donors (Lipinski definition) is 2. The molecule has 0 aliphatic carbocycles. The van der Waals surface area contributed by atoms with E-state index in [1.54, 1.807) is 13.3 Å². The van der Waals surface area contributed by atoms with Crippen LogP contribution in [-0.2, 0) is 17.9 Å². The van der Waals surface area contributed by atoms with E-state index in [1.165, 1.54) is 0 Å². The molecule has 0 saturated carbocycles. The van der Waals surface area contributed by atoms with Gasteiger partial charge in [0, 0.05) is 37.5 Å². The summed E-state index contributed by atoms with van der Waals surface area (Å²) in [6, 6.07) is 11.2. The van der Waals surface area contributed by atoms with E-state index < -0.39 is 0 Å². The zero-order chi connectivity index (χ0) is 14.9. The highest BCUT2D eigenvalue weighted by molar-refractivity contribution is 5.37. The minimum Gasteiger partial charge on any atom is -0.438 e. The molecule has 0 radical (unpaired) electrons. The molecule has 0 unspecified atom stereocenters. The second kappa shape index (κ2) is 8.36. The van der Waals surface area contributed by atoms with E-state index in [9.17, 15) is 5.11 Å². The van der Waals surface area contributed by atoms with Crippen molar-refractivity contribution in [1.82, 2.24) is 10.3 Å². The molecule has 5 nitrogen and oxygen atoms in total. The minimum atomic E-state index is -0.0651. The molecule has 2 aromatic rings. The van der Waals surface area contributed by atoms with Crippen molar-refractivity contribution in [3.8, 4) is 11.6 Å². The van der Waals surface area contributed by atoms with Crippen LogP contribution in [0.3, 0.4) is 0 Å². The van der Waals surface area contributed by atoms with Gasteiger partial charge >= 0.3 is 0 Å². The molecule has 2 N–H and O–H groups in total. The molecule has 0 amide bonds. The van der Waals surface area contributed by atoms with Crippen LogP contribution in [-0.4, -0.2) is 30.4 Å². The highest BCUT2D eigenvalue weighted by atomic mass is 16.5. The molecule has 0 fully saturated rings. The highest BCUT2D eigenvalue weighted by Gasteiger charge is 2.08. The van der Waals surface area contributed by atoms with Crippen molar-refractivity contribution < 1.29 is 14.6 Å². The molecular weight excluding hydrogens is 268 g/mol. The van der Waals surface area contributed by atoms with Crippen LogP contribution in [0.2, 0.25) is 0 Å². The van der Waals surface area contributed by atoms with E-state index >= 15 is 0 Å². The fraction of sp³-hybridized carbons (Fsp3) is 0.312. The van der Waals surface area contributed by atoms with Gasteiger partial charge in [0.1, 0.15) is 5.75 Å². The summed E-state index contributed by atoms with van der Waals surface area (Å²) in [5, 5.41) is 12.6. The molecule has 1 heterocycles. The van der Waals surface area contributed by atoms with Gasteiger partial charge < -0.3 is 19.9 Å². The van der Waals surface area contributed by atoms with Crippen LogP contribution in [0, 0.1) is 0 Å². The van der Waals surface area contributed by atoms with Gasteiger partial charge in [-0.05, 0) is 12.1 Å². The normalized spacial score (nSPS) is 10.6. The number of rotatable bonds is 8. The molecule has 0 aliphatic heterocycles. The van der Waals surface area contributed by atoms with E-state index in [0.29, 0.717) is 24.8 Å². The summed E-state index contributed by atoms with van der Waals surface area (Å²) >= 11 is 0. The van der Waals surface area contributed by atoms with Crippen LogP contribution < -0.4 is 10.1 Å². The third-order valence-corrected chi connectivity index (χ3v) is 3.00. The number of nitrogens with zero attached hydrogens (tertiary/aromatic N) is 1.